The van der Waals surface area contributed by atoms with E-state index in [4.69, 9.17) is 34.8 Å². The summed E-state index contributed by atoms with van der Waals surface area (Å²) in [6.45, 7) is 3.60. The van der Waals surface area contributed by atoms with Gasteiger partial charge in [0, 0.05) is 6.42 Å². The van der Waals surface area contributed by atoms with E-state index in [0.29, 0.717) is 6.42 Å². The van der Waals surface area contributed by atoms with Gasteiger partial charge < -0.3 is 0 Å². The molecule has 1 aliphatic rings. The molecule has 0 amide bonds. The van der Waals surface area contributed by atoms with Crippen molar-refractivity contribution in [3.05, 3.63) is 0 Å². The number of halogens is 3. The Kier molecular flexibility index (Phi) is 3.69. The van der Waals surface area contributed by atoms with Crippen LogP contribution in [0, 0.1) is 5.92 Å². The molecule has 6 heteroatoms. The number of rotatable bonds is 1. The lowest BCUT2D eigenvalue weighted by molar-refractivity contribution is 0.514. The first-order chi connectivity index (χ1) is 6.14. The molecule has 3 atom stereocenters. The van der Waals surface area contributed by atoms with Crippen LogP contribution in [-0.4, -0.2) is 22.7 Å². The Balaban J connectivity index is 2.88. The van der Waals surface area contributed by atoms with Gasteiger partial charge in [0.1, 0.15) is 0 Å². The Labute approximate surface area is 99.8 Å². The predicted molar refractivity (Wildman–Crippen MR) is 60.9 cm³/mol. The van der Waals surface area contributed by atoms with Crippen LogP contribution in [0.4, 0.5) is 0 Å². The van der Waals surface area contributed by atoms with Crippen molar-refractivity contribution in [1.82, 2.24) is 0 Å². The quantitative estimate of drug-likeness (QED) is 0.692. The van der Waals surface area contributed by atoms with Gasteiger partial charge in [-0.25, -0.2) is 8.42 Å². The molecule has 1 rings (SSSR count). The van der Waals surface area contributed by atoms with Gasteiger partial charge >= 0.3 is 0 Å². The third-order valence-electron chi connectivity index (χ3n) is 2.75. The summed E-state index contributed by atoms with van der Waals surface area (Å²) in [4.78, 5) is 0. The SMILES string of the molecule is CC1CC(C)S(=O)(=O)C1CC(Cl)(Cl)Cl. The van der Waals surface area contributed by atoms with Gasteiger partial charge in [0.15, 0.2) is 13.6 Å². The minimum Gasteiger partial charge on any atom is -0.228 e. The van der Waals surface area contributed by atoms with Gasteiger partial charge in [-0.2, -0.15) is 0 Å². The maximum absolute atomic E-state index is 11.8. The predicted octanol–water partition coefficient (Wildman–Crippen LogP) is 2.96. The van der Waals surface area contributed by atoms with E-state index in [-0.39, 0.29) is 17.6 Å². The second kappa shape index (κ2) is 4.00. The van der Waals surface area contributed by atoms with E-state index in [0.717, 1.165) is 0 Å². The van der Waals surface area contributed by atoms with Crippen molar-refractivity contribution in [3.63, 3.8) is 0 Å². The molecule has 0 aliphatic carbocycles. The molecular weight excluding hydrogens is 267 g/mol. The van der Waals surface area contributed by atoms with E-state index >= 15 is 0 Å². The smallest absolute Gasteiger partial charge is 0.191 e. The zero-order chi connectivity index (χ0) is 11.1. The van der Waals surface area contributed by atoms with Gasteiger partial charge in [0.2, 0.25) is 0 Å². The summed E-state index contributed by atoms with van der Waals surface area (Å²) in [6.07, 6.45) is 0.749. The molecule has 1 heterocycles. The molecule has 1 saturated heterocycles. The fourth-order valence-corrected chi connectivity index (χ4v) is 5.16. The molecule has 0 bridgehead atoms. The van der Waals surface area contributed by atoms with E-state index in [2.05, 4.69) is 0 Å². The lowest BCUT2D eigenvalue weighted by Gasteiger charge is -2.19. The minimum absolute atomic E-state index is 0.0747. The molecule has 0 aromatic heterocycles. The highest BCUT2D eigenvalue weighted by Crippen LogP contribution is 2.41. The second-order valence-electron chi connectivity index (χ2n) is 3.97. The average Bonchev–Trinajstić information content (AvgIpc) is 2.11. The lowest BCUT2D eigenvalue weighted by Crippen LogP contribution is -2.28. The van der Waals surface area contributed by atoms with Crippen LogP contribution in [0.15, 0.2) is 0 Å². The Bertz CT molecular complexity index is 307. The molecule has 0 aromatic rings. The first-order valence-electron chi connectivity index (χ1n) is 4.44. The maximum Gasteiger partial charge on any atom is 0.191 e. The molecule has 0 spiro atoms. The van der Waals surface area contributed by atoms with Gasteiger partial charge in [0.25, 0.3) is 0 Å². The van der Waals surface area contributed by atoms with Gasteiger partial charge in [-0.1, -0.05) is 41.7 Å². The van der Waals surface area contributed by atoms with E-state index < -0.39 is 18.9 Å². The lowest BCUT2D eigenvalue weighted by atomic mass is 10.0. The van der Waals surface area contributed by atoms with Crippen molar-refractivity contribution in [2.24, 2.45) is 5.92 Å². The number of hydrogen-bond donors (Lipinski definition) is 0. The normalized spacial score (nSPS) is 37.4. The van der Waals surface area contributed by atoms with Crippen LogP contribution in [-0.2, 0) is 9.84 Å². The van der Waals surface area contributed by atoms with Crippen LogP contribution < -0.4 is 0 Å². The number of alkyl halides is 3. The first-order valence-corrected chi connectivity index (χ1v) is 7.18. The molecular formula is C8H13Cl3O2S. The molecule has 3 unspecified atom stereocenters. The van der Waals surface area contributed by atoms with E-state index in [9.17, 15) is 8.42 Å². The monoisotopic (exact) mass is 278 g/mol. The topological polar surface area (TPSA) is 34.1 Å². The highest BCUT2D eigenvalue weighted by molar-refractivity contribution is 7.92. The van der Waals surface area contributed by atoms with Crippen LogP contribution in [0.1, 0.15) is 26.7 Å². The molecule has 0 N–H and O–H groups in total. The largest absolute Gasteiger partial charge is 0.228 e. The third-order valence-corrected chi connectivity index (χ3v) is 6.01. The Morgan fingerprint density at radius 2 is 1.79 bits per heavy atom. The fourth-order valence-electron chi connectivity index (χ4n) is 1.98. The third kappa shape index (κ3) is 2.69. The summed E-state index contributed by atoms with van der Waals surface area (Å²) in [5, 5.41) is -0.820. The van der Waals surface area contributed by atoms with Gasteiger partial charge in [-0.3, -0.25) is 0 Å². The summed E-state index contributed by atoms with van der Waals surface area (Å²) in [6, 6.07) is 0. The highest BCUT2D eigenvalue weighted by Gasteiger charge is 2.46. The Morgan fingerprint density at radius 3 is 2.07 bits per heavy atom. The highest BCUT2D eigenvalue weighted by atomic mass is 35.6. The van der Waals surface area contributed by atoms with E-state index in [1.807, 2.05) is 6.92 Å². The van der Waals surface area contributed by atoms with Gasteiger partial charge in [0.05, 0.1) is 10.5 Å². The summed E-state index contributed by atoms with van der Waals surface area (Å²) in [7, 11) is -3.10. The fraction of sp³-hybridized carbons (Fsp3) is 1.00. The molecule has 84 valence electrons. The van der Waals surface area contributed by atoms with Crippen molar-refractivity contribution < 1.29 is 8.42 Å². The van der Waals surface area contributed by atoms with E-state index in [1.54, 1.807) is 6.92 Å². The molecule has 0 aromatic carbocycles. The van der Waals surface area contributed by atoms with Crippen molar-refractivity contribution in [2.45, 2.75) is 41.0 Å². The summed E-state index contributed by atoms with van der Waals surface area (Å²) in [5.74, 6) is 0.0747. The van der Waals surface area contributed by atoms with Crippen LogP contribution in [0.5, 0.6) is 0 Å². The first kappa shape index (κ1) is 12.9. The summed E-state index contributed by atoms with van der Waals surface area (Å²) >= 11 is 16.9. The number of hydrogen-bond acceptors (Lipinski definition) is 2. The van der Waals surface area contributed by atoms with Crippen LogP contribution in [0.25, 0.3) is 0 Å². The van der Waals surface area contributed by atoms with Crippen LogP contribution in [0.2, 0.25) is 0 Å². The average molecular weight is 280 g/mol. The van der Waals surface area contributed by atoms with E-state index in [1.165, 1.54) is 0 Å². The van der Waals surface area contributed by atoms with Crippen LogP contribution >= 0.6 is 34.8 Å². The molecule has 14 heavy (non-hydrogen) atoms. The summed E-state index contributed by atoms with van der Waals surface area (Å²) in [5.41, 5.74) is 0. The van der Waals surface area contributed by atoms with Crippen molar-refractivity contribution >= 4 is 44.6 Å². The van der Waals surface area contributed by atoms with Crippen molar-refractivity contribution in [2.75, 3.05) is 0 Å². The molecule has 0 saturated carbocycles. The second-order valence-corrected chi connectivity index (χ2v) is 9.07. The van der Waals surface area contributed by atoms with Gasteiger partial charge in [-0.05, 0) is 19.3 Å². The molecule has 1 fully saturated rings. The molecule has 1 aliphatic heterocycles. The zero-order valence-electron chi connectivity index (χ0n) is 8.00. The Morgan fingerprint density at radius 1 is 1.29 bits per heavy atom. The van der Waals surface area contributed by atoms with Gasteiger partial charge in [-0.15, -0.1) is 0 Å². The summed E-state index contributed by atoms with van der Waals surface area (Å²) < 4.78 is 22.1. The number of sulfone groups is 1. The molecule has 0 radical (unpaired) electrons. The zero-order valence-corrected chi connectivity index (χ0v) is 11.1. The van der Waals surface area contributed by atoms with Crippen molar-refractivity contribution in [1.29, 1.82) is 0 Å². The van der Waals surface area contributed by atoms with Crippen molar-refractivity contribution in [3.8, 4) is 0 Å². The maximum atomic E-state index is 11.8. The minimum atomic E-state index is -3.10. The van der Waals surface area contributed by atoms with Crippen LogP contribution in [0.3, 0.4) is 0 Å². The standard InChI is InChI=1S/C8H13Cl3O2S/c1-5-3-6(2)14(12,13)7(5)4-8(9,10)11/h5-7H,3-4H2,1-2H3. The Hall–Kier alpha value is 0.820. The molecule has 2 nitrogen and oxygen atoms in total.